The third-order valence-electron chi connectivity index (χ3n) is 8.19. The SMILES string of the molecule is CCCCCc1cc(O)c2c(c1)OC(C)(C)[C@@H]1CCC(C)=C[C@@H]21.CN1CCCC1c1cccnc1. The molecule has 4 nitrogen and oxygen atoms in total. The predicted octanol–water partition coefficient (Wildman–Crippen LogP) is 7.58. The van der Waals surface area contributed by atoms with Crippen molar-refractivity contribution >= 4 is 0 Å². The lowest BCUT2D eigenvalue weighted by Gasteiger charge is -2.46. The van der Waals surface area contributed by atoms with Crippen molar-refractivity contribution in [2.45, 2.75) is 96.6 Å². The number of aromatic hydroxyl groups is 1. The summed E-state index contributed by atoms with van der Waals surface area (Å²) in [5.74, 6) is 2.04. The zero-order valence-electron chi connectivity index (χ0n) is 22.4. The van der Waals surface area contributed by atoms with E-state index >= 15 is 0 Å². The summed E-state index contributed by atoms with van der Waals surface area (Å²) in [6, 6.07) is 8.92. The third-order valence-corrected chi connectivity index (χ3v) is 8.19. The van der Waals surface area contributed by atoms with Gasteiger partial charge in [0.05, 0.1) is 0 Å². The van der Waals surface area contributed by atoms with Crippen molar-refractivity contribution in [3.8, 4) is 11.5 Å². The lowest BCUT2D eigenvalue weighted by Crippen LogP contribution is -2.45. The zero-order chi connectivity index (χ0) is 25.0. The molecule has 2 aromatic rings. The number of fused-ring (bicyclic) bond motifs is 3. The Bertz CT molecular complexity index is 1010. The molecule has 35 heavy (non-hydrogen) atoms. The van der Waals surface area contributed by atoms with Crippen molar-refractivity contribution in [2.75, 3.05) is 13.6 Å². The summed E-state index contributed by atoms with van der Waals surface area (Å²) in [7, 11) is 2.19. The summed E-state index contributed by atoms with van der Waals surface area (Å²) >= 11 is 0. The fraction of sp³-hybridized carbons (Fsp3) is 0.581. The second-order valence-corrected chi connectivity index (χ2v) is 11.3. The van der Waals surface area contributed by atoms with Crippen molar-refractivity contribution in [3.05, 3.63) is 65.0 Å². The van der Waals surface area contributed by atoms with Crippen LogP contribution < -0.4 is 4.74 Å². The standard InChI is InChI=1S/C21H30O2.C10H14N2/c1-5-6-7-8-15-12-18(22)20-16-11-14(2)9-10-17(16)21(3,4)23-19(20)13-15;1-12-7-3-5-10(12)9-4-2-6-11-8-9/h11-13,16-17,22H,5-10H2,1-4H3;2,4,6,8,10H,3,5,7H2,1H3/t16-,17-;/m1./s1. The van der Waals surface area contributed by atoms with E-state index in [0.29, 0.717) is 17.7 Å². The first-order chi connectivity index (χ1) is 16.8. The van der Waals surface area contributed by atoms with Crippen LogP contribution in [0.15, 0.2) is 48.3 Å². The van der Waals surface area contributed by atoms with Crippen molar-refractivity contribution < 1.29 is 9.84 Å². The zero-order valence-corrected chi connectivity index (χ0v) is 22.4. The summed E-state index contributed by atoms with van der Waals surface area (Å²) in [4.78, 5) is 6.54. The second kappa shape index (κ2) is 11.2. The highest BCUT2D eigenvalue weighted by molar-refractivity contribution is 5.54. The normalized spacial score (nSPS) is 24.9. The summed E-state index contributed by atoms with van der Waals surface area (Å²) in [6.07, 6.45) is 15.7. The van der Waals surface area contributed by atoms with Crippen molar-refractivity contribution in [3.63, 3.8) is 0 Å². The molecule has 0 saturated carbocycles. The van der Waals surface area contributed by atoms with Gasteiger partial charge in [0.1, 0.15) is 17.1 Å². The largest absolute Gasteiger partial charge is 0.507 e. The third kappa shape index (κ3) is 5.91. The van der Waals surface area contributed by atoms with Crippen LogP contribution in [0.5, 0.6) is 11.5 Å². The van der Waals surface area contributed by atoms with Gasteiger partial charge >= 0.3 is 0 Å². The minimum Gasteiger partial charge on any atom is -0.507 e. The van der Waals surface area contributed by atoms with Gasteiger partial charge in [0, 0.05) is 35.8 Å². The molecule has 4 heteroatoms. The van der Waals surface area contributed by atoms with Gasteiger partial charge in [-0.3, -0.25) is 9.88 Å². The number of pyridine rings is 1. The highest BCUT2D eigenvalue weighted by atomic mass is 16.5. The second-order valence-electron chi connectivity index (χ2n) is 11.3. The van der Waals surface area contributed by atoms with E-state index in [1.165, 1.54) is 55.3 Å². The van der Waals surface area contributed by atoms with E-state index in [9.17, 15) is 5.11 Å². The molecule has 0 radical (unpaired) electrons. The molecule has 1 aromatic heterocycles. The Morgan fingerprint density at radius 2 is 2.03 bits per heavy atom. The number of unbranched alkanes of at least 4 members (excludes halogenated alkanes) is 2. The first-order valence-electron chi connectivity index (χ1n) is 13.6. The van der Waals surface area contributed by atoms with E-state index in [2.05, 4.69) is 62.8 Å². The summed E-state index contributed by atoms with van der Waals surface area (Å²) in [5, 5.41) is 10.7. The Labute approximate surface area is 212 Å². The number of aromatic nitrogens is 1. The van der Waals surface area contributed by atoms with E-state index in [1.54, 1.807) is 0 Å². The molecule has 1 saturated heterocycles. The molecule has 190 valence electrons. The molecule has 3 heterocycles. The summed E-state index contributed by atoms with van der Waals surface area (Å²) in [6.45, 7) is 10.0. The monoisotopic (exact) mass is 476 g/mol. The number of aryl methyl sites for hydroxylation is 1. The van der Waals surface area contributed by atoms with E-state index < -0.39 is 0 Å². The van der Waals surface area contributed by atoms with Crippen LogP contribution in [0.3, 0.4) is 0 Å². The first-order valence-corrected chi connectivity index (χ1v) is 13.6. The predicted molar refractivity (Wildman–Crippen MR) is 144 cm³/mol. The van der Waals surface area contributed by atoms with Crippen molar-refractivity contribution in [2.24, 2.45) is 5.92 Å². The number of allylic oxidation sites excluding steroid dienone is 2. The molecule has 1 fully saturated rings. The van der Waals surface area contributed by atoms with Gasteiger partial charge < -0.3 is 9.84 Å². The van der Waals surface area contributed by atoms with Crippen LogP contribution in [-0.2, 0) is 6.42 Å². The molecule has 1 aromatic carbocycles. The van der Waals surface area contributed by atoms with Gasteiger partial charge in [0.25, 0.3) is 0 Å². The highest BCUT2D eigenvalue weighted by Crippen LogP contribution is 2.53. The van der Waals surface area contributed by atoms with Gasteiger partial charge in [-0.2, -0.15) is 0 Å². The maximum absolute atomic E-state index is 10.7. The maximum atomic E-state index is 10.7. The molecule has 1 unspecified atom stereocenters. The number of nitrogens with zero attached hydrogens (tertiary/aromatic N) is 2. The molecular formula is C31H44N2O2. The average Bonchev–Trinajstić information content (AvgIpc) is 3.25. The fourth-order valence-corrected chi connectivity index (χ4v) is 6.21. The van der Waals surface area contributed by atoms with Gasteiger partial charge in [0.2, 0.25) is 0 Å². The number of hydrogen-bond acceptors (Lipinski definition) is 4. The Balaban J connectivity index is 0.000000201. The fourth-order valence-electron chi connectivity index (χ4n) is 6.21. The van der Waals surface area contributed by atoms with Crippen molar-refractivity contribution in [1.29, 1.82) is 0 Å². The topological polar surface area (TPSA) is 45.6 Å². The number of phenolic OH excluding ortho intramolecular Hbond substituents is 1. The minimum atomic E-state index is -0.177. The molecule has 0 bridgehead atoms. The van der Waals surface area contributed by atoms with E-state index in [4.69, 9.17) is 4.74 Å². The van der Waals surface area contributed by atoms with E-state index in [-0.39, 0.29) is 11.5 Å². The smallest absolute Gasteiger partial charge is 0.127 e. The van der Waals surface area contributed by atoms with Crippen LogP contribution in [0.2, 0.25) is 0 Å². The van der Waals surface area contributed by atoms with Crippen molar-refractivity contribution in [1.82, 2.24) is 9.88 Å². The van der Waals surface area contributed by atoms with Crippen LogP contribution in [0, 0.1) is 5.92 Å². The molecule has 3 aliphatic rings. The maximum Gasteiger partial charge on any atom is 0.127 e. The highest BCUT2D eigenvalue weighted by Gasteiger charge is 2.45. The number of hydrogen-bond donors (Lipinski definition) is 1. The lowest BCUT2D eigenvalue weighted by molar-refractivity contribution is 0.0107. The van der Waals surface area contributed by atoms with Gasteiger partial charge in [-0.25, -0.2) is 0 Å². The first kappa shape index (κ1) is 25.8. The molecule has 3 atom stereocenters. The average molecular weight is 477 g/mol. The van der Waals surface area contributed by atoms with E-state index in [0.717, 1.165) is 30.6 Å². The minimum absolute atomic E-state index is 0.177. The quantitative estimate of drug-likeness (QED) is 0.357. The molecule has 0 amide bonds. The van der Waals surface area contributed by atoms with Gasteiger partial charge in [0.15, 0.2) is 0 Å². The van der Waals surface area contributed by atoms with Gasteiger partial charge in [-0.15, -0.1) is 0 Å². The number of likely N-dealkylation sites (tertiary alicyclic amines) is 1. The molecular weight excluding hydrogens is 432 g/mol. The van der Waals surface area contributed by atoms with Crippen LogP contribution in [0.1, 0.15) is 101 Å². The molecule has 1 aliphatic carbocycles. The molecule has 5 rings (SSSR count). The number of benzene rings is 1. The lowest BCUT2D eigenvalue weighted by atomic mass is 9.68. The summed E-state index contributed by atoms with van der Waals surface area (Å²) in [5.41, 5.74) is 4.82. The molecule has 2 aliphatic heterocycles. The Hall–Kier alpha value is -2.33. The summed E-state index contributed by atoms with van der Waals surface area (Å²) < 4.78 is 6.36. The Morgan fingerprint density at radius 3 is 2.71 bits per heavy atom. The number of ether oxygens (including phenoxy) is 1. The Morgan fingerprint density at radius 1 is 1.20 bits per heavy atom. The number of phenols is 1. The molecule has 1 N–H and O–H groups in total. The van der Waals surface area contributed by atoms with Crippen LogP contribution in [0.4, 0.5) is 0 Å². The number of rotatable bonds is 5. The van der Waals surface area contributed by atoms with Gasteiger partial charge in [-0.1, -0.05) is 37.5 Å². The van der Waals surface area contributed by atoms with Gasteiger partial charge in [-0.05, 0) is 102 Å². The Kier molecular flexibility index (Phi) is 8.21. The van der Waals surface area contributed by atoms with E-state index in [1.807, 2.05) is 24.5 Å². The molecule has 0 spiro atoms. The van der Waals surface area contributed by atoms with Crippen LogP contribution in [0.25, 0.3) is 0 Å². The van der Waals surface area contributed by atoms with Crippen LogP contribution >= 0.6 is 0 Å². The van der Waals surface area contributed by atoms with Crippen LogP contribution in [-0.4, -0.2) is 34.2 Å².